The van der Waals surface area contributed by atoms with Crippen LogP contribution in [0.4, 0.5) is 0 Å². The van der Waals surface area contributed by atoms with E-state index in [9.17, 15) is 4.79 Å². The highest BCUT2D eigenvalue weighted by Crippen LogP contribution is 1.92. The molecule has 13 heavy (non-hydrogen) atoms. The monoisotopic (exact) mass is 179 g/mol. The molecule has 1 rings (SSSR count). The van der Waals surface area contributed by atoms with Crippen molar-refractivity contribution in [2.24, 2.45) is 7.05 Å². The van der Waals surface area contributed by atoms with Gasteiger partial charge in [0.25, 0.3) is 0 Å². The van der Waals surface area contributed by atoms with Gasteiger partial charge in [-0.15, -0.1) is 0 Å². The van der Waals surface area contributed by atoms with Crippen LogP contribution in [0.15, 0.2) is 24.5 Å². The normalized spacial score (nSPS) is 10.6. The van der Waals surface area contributed by atoms with Crippen molar-refractivity contribution in [3.63, 3.8) is 0 Å². The third kappa shape index (κ3) is 2.74. The number of aromatic nitrogens is 2. The van der Waals surface area contributed by atoms with E-state index in [4.69, 9.17) is 0 Å². The zero-order valence-electron chi connectivity index (χ0n) is 7.82. The van der Waals surface area contributed by atoms with Gasteiger partial charge in [-0.2, -0.15) is 0 Å². The quantitative estimate of drug-likeness (QED) is 0.691. The Morgan fingerprint density at radius 1 is 1.77 bits per heavy atom. The van der Waals surface area contributed by atoms with Crippen LogP contribution in [0.3, 0.4) is 0 Å². The van der Waals surface area contributed by atoms with Crippen molar-refractivity contribution in [2.45, 2.75) is 13.5 Å². The lowest BCUT2D eigenvalue weighted by Crippen LogP contribution is -2.22. The molecule has 0 unspecified atom stereocenters. The zero-order chi connectivity index (χ0) is 9.68. The second-order valence-corrected chi connectivity index (χ2v) is 2.67. The SMILES string of the molecule is CC=CC(=O)NCc1nccn1C. The van der Waals surface area contributed by atoms with Crippen LogP contribution in [0.1, 0.15) is 12.7 Å². The summed E-state index contributed by atoms with van der Waals surface area (Å²) in [6.45, 7) is 2.27. The third-order valence-electron chi connectivity index (χ3n) is 1.66. The molecule has 1 N–H and O–H groups in total. The Labute approximate surface area is 77.3 Å². The first-order valence-electron chi connectivity index (χ1n) is 4.10. The van der Waals surface area contributed by atoms with E-state index in [0.717, 1.165) is 5.82 Å². The molecule has 0 radical (unpaired) electrons. The molecule has 0 aliphatic heterocycles. The fraction of sp³-hybridized carbons (Fsp3) is 0.333. The second-order valence-electron chi connectivity index (χ2n) is 2.67. The predicted octanol–water partition coefficient (Wildman–Crippen LogP) is 0.612. The molecule has 4 heteroatoms. The standard InChI is InChI=1S/C9H13N3O/c1-3-4-9(13)11-7-8-10-5-6-12(8)2/h3-6H,7H2,1-2H3,(H,11,13). The lowest BCUT2D eigenvalue weighted by Gasteiger charge is -2.01. The smallest absolute Gasteiger partial charge is 0.244 e. The number of amides is 1. The van der Waals surface area contributed by atoms with Crippen LogP contribution in [0, 0.1) is 0 Å². The van der Waals surface area contributed by atoms with E-state index in [1.54, 1.807) is 19.2 Å². The van der Waals surface area contributed by atoms with Crippen LogP contribution in [-0.4, -0.2) is 15.5 Å². The van der Waals surface area contributed by atoms with Gasteiger partial charge in [0.1, 0.15) is 5.82 Å². The van der Waals surface area contributed by atoms with Gasteiger partial charge in [0.2, 0.25) is 5.91 Å². The summed E-state index contributed by atoms with van der Waals surface area (Å²) in [5.74, 6) is 0.753. The summed E-state index contributed by atoms with van der Waals surface area (Å²) in [6, 6.07) is 0. The molecule has 4 nitrogen and oxygen atoms in total. The minimum absolute atomic E-state index is 0.0921. The molecule has 1 amide bonds. The summed E-state index contributed by atoms with van der Waals surface area (Å²) in [5.41, 5.74) is 0. The molecule has 1 aromatic rings. The minimum atomic E-state index is -0.0921. The summed E-state index contributed by atoms with van der Waals surface area (Å²) >= 11 is 0. The van der Waals surface area contributed by atoms with E-state index >= 15 is 0 Å². The molecule has 0 saturated heterocycles. The van der Waals surface area contributed by atoms with Crippen LogP contribution in [0.2, 0.25) is 0 Å². The van der Waals surface area contributed by atoms with E-state index < -0.39 is 0 Å². The van der Waals surface area contributed by atoms with Gasteiger partial charge < -0.3 is 9.88 Å². The lowest BCUT2D eigenvalue weighted by molar-refractivity contribution is -0.116. The summed E-state index contributed by atoms with van der Waals surface area (Å²) < 4.78 is 1.87. The van der Waals surface area contributed by atoms with Crippen molar-refractivity contribution in [3.8, 4) is 0 Å². The summed E-state index contributed by atoms with van der Waals surface area (Å²) in [5, 5.41) is 2.72. The number of rotatable bonds is 3. The van der Waals surface area contributed by atoms with Gasteiger partial charge in [-0.1, -0.05) is 6.08 Å². The number of carbonyl (C=O) groups excluding carboxylic acids is 1. The highest BCUT2D eigenvalue weighted by atomic mass is 16.1. The highest BCUT2D eigenvalue weighted by molar-refractivity contribution is 5.87. The summed E-state index contributed by atoms with van der Waals surface area (Å²) in [4.78, 5) is 15.1. The van der Waals surface area contributed by atoms with Crippen LogP contribution < -0.4 is 5.32 Å². The van der Waals surface area contributed by atoms with Crippen molar-refractivity contribution >= 4 is 5.91 Å². The van der Waals surface area contributed by atoms with E-state index in [2.05, 4.69) is 10.3 Å². The lowest BCUT2D eigenvalue weighted by atomic mass is 10.4. The Kier molecular flexibility index (Phi) is 3.25. The number of aryl methyl sites for hydroxylation is 1. The third-order valence-corrected chi connectivity index (χ3v) is 1.66. The number of hydrogen-bond donors (Lipinski definition) is 1. The molecule has 0 bridgehead atoms. The molecule has 0 saturated carbocycles. The molecule has 70 valence electrons. The minimum Gasteiger partial charge on any atom is -0.345 e. The maximum absolute atomic E-state index is 11.0. The first-order valence-corrected chi connectivity index (χ1v) is 4.10. The number of nitrogens with one attached hydrogen (secondary N) is 1. The average Bonchev–Trinajstić information content (AvgIpc) is 2.48. The van der Waals surface area contributed by atoms with Gasteiger partial charge in [0.05, 0.1) is 6.54 Å². The van der Waals surface area contributed by atoms with Crippen molar-refractivity contribution < 1.29 is 4.79 Å². The van der Waals surface area contributed by atoms with E-state index in [1.165, 1.54) is 6.08 Å². The average molecular weight is 179 g/mol. The number of carbonyl (C=O) groups is 1. The first kappa shape index (κ1) is 9.51. The van der Waals surface area contributed by atoms with Crippen molar-refractivity contribution in [1.82, 2.24) is 14.9 Å². The maximum Gasteiger partial charge on any atom is 0.244 e. The number of nitrogens with zero attached hydrogens (tertiary/aromatic N) is 2. The van der Waals surface area contributed by atoms with Gasteiger partial charge in [-0.05, 0) is 13.0 Å². The topological polar surface area (TPSA) is 46.9 Å². The summed E-state index contributed by atoms with van der Waals surface area (Å²) in [7, 11) is 1.89. The van der Waals surface area contributed by atoms with Crippen LogP contribution in [0.25, 0.3) is 0 Å². The van der Waals surface area contributed by atoms with Gasteiger partial charge >= 0.3 is 0 Å². The van der Waals surface area contributed by atoms with Gasteiger partial charge in [-0.3, -0.25) is 4.79 Å². The Bertz CT molecular complexity index is 314. The maximum atomic E-state index is 11.0. The number of hydrogen-bond acceptors (Lipinski definition) is 2. The van der Waals surface area contributed by atoms with Crippen molar-refractivity contribution in [1.29, 1.82) is 0 Å². The molecule has 1 heterocycles. The van der Waals surface area contributed by atoms with E-state index in [1.807, 2.05) is 17.8 Å². The fourth-order valence-electron chi connectivity index (χ4n) is 0.943. The first-order chi connectivity index (χ1) is 6.24. The van der Waals surface area contributed by atoms with Crippen LogP contribution in [0.5, 0.6) is 0 Å². The Morgan fingerprint density at radius 3 is 3.08 bits per heavy atom. The van der Waals surface area contributed by atoms with E-state index in [0.29, 0.717) is 6.54 Å². The molecule has 1 aromatic heterocycles. The zero-order valence-corrected chi connectivity index (χ0v) is 7.82. The van der Waals surface area contributed by atoms with Gasteiger partial charge in [0, 0.05) is 19.4 Å². The summed E-state index contributed by atoms with van der Waals surface area (Å²) in [6.07, 6.45) is 6.74. The fourth-order valence-corrected chi connectivity index (χ4v) is 0.943. The number of imidazole rings is 1. The molecule has 0 aliphatic rings. The number of allylic oxidation sites excluding steroid dienone is 1. The van der Waals surface area contributed by atoms with Gasteiger partial charge in [-0.25, -0.2) is 4.98 Å². The van der Waals surface area contributed by atoms with Gasteiger partial charge in [0.15, 0.2) is 0 Å². The van der Waals surface area contributed by atoms with Crippen molar-refractivity contribution in [2.75, 3.05) is 0 Å². The second kappa shape index (κ2) is 4.45. The largest absolute Gasteiger partial charge is 0.345 e. The highest BCUT2D eigenvalue weighted by Gasteiger charge is 1.99. The molecule has 0 atom stereocenters. The van der Waals surface area contributed by atoms with E-state index in [-0.39, 0.29) is 5.91 Å². The van der Waals surface area contributed by atoms with Crippen LogP contribution in [-0.2, 0) is 18.4 Å². The molecule has 0 spiro atoms. The van der Waals surface area contributed by atoms with Crippen molar-refractivity contribution in [3.05, 3.63) is 30.4 Å². The molecule has 0 fully saturated rings. The predicted molar refractivity (Wildman–Crippen MR) is 49.9 cm³/mol. The molecule has 0 aromatic carbocycles. The molecule has 0 aliphatic carbocycles. The molecular formula is C9H13N3O. The Balaban J connectivity index is 2.44. The Hall–Kier alpha value is -1.58. The Morgan fingerprint density at radius 2 is 2.54 bits per heavy atom. The molecular weight excluding hydrogens is 166 g/mol. The van der Waals surface area contributed by atoms with Crippen LogP contribution >= 0.6 is 0 Å².